The molecule has 9 nitrogen and oxygen atoms in total. The second-order valence-corrected chi connectivity index (χ2v) is 8.49. The molecule has 188 valence electrons. The quantitative estimate of drug-likeness (QED) is 0.423. The summed E-state index contributed by atoms with van der Waals surface area (Å²) in [4.78, 5) is 36.6. The van der Waals surface area contributed by atoms with Crippen molar-refractivity contribution >= 4 is 18.0 Å². The predicted molar refractivity (Wildman–Crippen MR) is 129 cm³/mol. The van der Waals surface area contributed by atoms with E-state index in [1.165, 1.54) is 14.2 Å². The Morgan fingerprint density at radius 1 is 1.03 bits per heavy atom. The molecule has 1 aliphatic rings. The molecule has 2 aromatic carbocycles. The highest BCUT2D eigenvalue weighted by atomic mass is 16.5. The topological polar surface area (TPSA) is 123 Å². The van der Waals surface area contributed by atoms with Gasteiger partial charge in [-0.3, -0.25) is 4.79 Å². The van der Waals surface area contributed by atoms with E-state index in [2.05, 4.69) is 22.8 Å². The number of fused-ring (bicyclic) bond motifs is 3. The largest absolute Gasteiger partial charge is 0.479 e. The van der Waals surface area contributed by atoms with Crippen LogP contribution in [-0.2, 0) is 23.8 Å². The minimum absolute atomic E-state index is 0.0249. The highest BCUT2D eigenvalue weighted by Crippen LogP contribution is 2.44. The van der Waals surface area contributed by atoms with E-state index in [1.807, 2.05) is 36.4 Å². The summed E-state index contributed by atoms with van der Waals surface area (Å²) in [5, 5.41) is 14.7. The van der Waals surface area contributed by atoms with Gasteiger partial charge in [0.2, 0.25) is 5.91 Å². The Hall–Kier alpha value is -3.43. The number of ether oxygens (including phenoxy) is 3. The zero-order valence-corrected chi connectivity index (χ0v) is 20.2. The first-order valence-corrected chi connectivity index (χ1v) is 11.5. The lowest BCUT2D eigenvalue weighted by Crippen LogP contribution is -2.57. The molecule has 1 aliphatic carbocycles. The first-order chi connectivity index (χ1) is 16.8. The molecule has 3 N–H and O–H groups in total. The van der Waals surface area contributed by atoms with E-state index in [0.29, 0.717) is 0 Å². The van der Waals surface area contributed by atoms with Crippen molar-refractivity contribution in [3.63, 3.8) is 0 Å². The summed E-state index contributed by atoms with van der Waals surface area (Å²) in [6.45, 7) is 1.68. The first-order valence-electron chi connectivity index (χ1n) is 11.5. The Morgan fingerprint density at radius 3 is 2.14 bits per heavy atom. The van der Waals surface area contributed by atoms with Crippen LogP contribution in [0.4, 0.5) is 4.79 Å². The van der Waals surface area contributed by atoms with E-state index in [9.17, 15) is 19.5 Å². The minimum atomic E-state index is -1.52. The number of carbonyl (C=O) groups is 3. The van der Waals surface area contributed by atoms with Crippen molar-refractivity contribution in [2.75, 3.05) is 34.0 Å². The zero-order chi connectivity index (χ0) is 25.4. The van der Waals surface area contributed by atoms with Crippen molar-refractivity contribution in [2.45, 2.75) is 37.3 Å². The Balaban J connectivity index is 1.53. The second-order valence-electron chi connectivity index (χ2n) is 8.49. The average molecular weight is 485 g/mol. The fourth-order valence-electron chi connectivity index (χ4n) is 4.35. The lowest BCUT2D eigenvalue weighted by molar-refractivity contribution is -0.151. The third kappa shape index (κ3) is 5.98. The standard InChI is InChI=1S/C26H32N2O7/c1-4-26(16-33-2,24(30)31)28-23(29)13-17(34-3)14-27-25(32)35-15-22-20-11-7-5-9-18(20)19-10-6-8-12-21(19)22/h5-12,17,22H,4,13-16H2,1-3H3,(H,27,32)(H,28,29)(H,30,31). The van der Waals surface area contributed by atoms with Gasteiger partial charge in [0.25, 0.3) is 0 Å². The van der Waals surface area contributed by atoms with E-state index in [0.717, 1.165) is 22.3 Å². The molecular weight excluding hydrogens is 452 g/mol. The fourth-order valence-corrected chi connectivity index (χ4v) is 4.35. The van der Waals surface area contributed by atoms with Gasteiger partial charge >= 0.3 is 12.1 Å². The SMILES string of the molecule is CCC(COC)(NC(=O)CC(CNC(=O)OCC1c2ccccc2-c2ccccc21)OC)C(=O)O. The van der Waals surface area contributed by atoms with E-state index in [4.69, 9.17) is 14.2 Å². The van der Waals surface area contributed by atoms with Gasteiger partial charge in [0, 0.05) is 26.7 Å². The molecule has 0 aliphatic heterocycles. The summed E-state index contributed by atoms with van der Waals surface area (Å²) in [6.07, 6.45) is -1.28. The number of rotatable bonds is 12. The number of benzene rings is 2. The van der Waals surface area contributed by atoms with Crippen molar-refractivity contribution in [3.05, 3.63) is 59.7 Å². The molecule has 0 saturated heterocycles. The number of alkyl carbamates (subject to hydrolysis) is 1. The highest BCUT2D eigenvalue weighted by molar-refractivity contribution is 5.87. The number of hydrogen-bond donors (Lipinski definition) is 3. The van der Waals surface area contributed by atoms with Crippen LogP contribution in [0.25, 0.3) is 11.1 Å². The number of hydrogen-bond acceptors (Lipinski definition) is 6. The molecule has 0 spiro atoms. The van der Waals surface area contributed by atoms with Gasteiger partial charge in [-0.05, 0) is 28.7 Å². The Kier molecular flexibility index (Phi) is 8.84. The van der Waals surface area contributed by atoms with Crippen molar-refractivity contribution in [2.24, 2.45) is 0 Å². The molecule has 0 aromatic heterocycles. The summed E-state index contributed by atoms with van der Waals surface area (Å²) in [5.41, 5.74) is 2.98. The number of methoxy groups -OCH3 is 2. The summed E-state index contributed by atoms with van der Waals surface area (Å²) in [6, 6.07) is 16.1. The van der Waals surface area contributed by atoms with Gasteiger partial charge < -0.3 is 30.0 Å². The predicted octanol–water partition coefficient (Wildman–Crippen LogP) is 2.93. The molecule has 2 unspecified atom stereocenters. The molecule has 9 heteroatoms. The van der Waals surface area contributed by atoms with Gasteiger partial charge in [-0.25, -0.2) is 9.59 Å². The Labute approximate surface area is 204 Å². The lowest BCUT2D eigenvalue weighted by atomic mass is 9.97. The van der Waals surface area contributed by atoms with Crippen LogP contribution < -0.4 is 10.6 Å². The molecule has 0 saturated carbocycles. The summed E-state index contributed by atoms with van der Waals surface area (Å²) in [5.74, 6) is -1.76. The number of nitrogens with one attached hydrogen (secondary N) is 2. The maximum Gasteiger partial charge on any atom is 0.407 e. The van der Waals surface area contributed by atoms with Crippen LogP contribution in [0.1, 0.15) is 36.8 Å². The number of amides is 2. The molecule has 35 heavy (non-hydrogen) atoms. The second kappa shape index (κ2) is 11.8. The smallest absolute Gasteiger partial charge is 0.407 e. The van der Waals surface area contributed by atoms with E-state index < -0.39 is 29.6 Å². The van der Waals surface area contributed by atoms with Crippen molar-refractivity contribution in [1.29, 1.82) is 0 Å². The average Bonchev–Trinajstić information content (AvgIpc) is 3.18. The van der Waals surface area contributed by atoms with E-state index in [-0.39, 0.29) is 38.5 Å². The lowest BCUT2D eigenvalue weighted by Gasteiger charge is -2.29. The third-order valence-corrected chi connectivity index (χ3v) is 6.35. The van der Waals surface area contributed by atoms with Gasteiger partial charge in [-0.15, -0.1) is 0 Å². The Morgan fingerprint density at radius 2 is 1.63 bits per heavy atom. The van der Waals surface area contributed by atoms with Gasteiger partial charge in [0.1, 0.15) is 6.61 Å². The molecule has 3 rings (SSSR count). The summed E-state index contributed by atoms with van der Waals surface area (Å²) >= 11 is 0. The highest BCUT2D eigenvalue weighted by Gasteiger charge is 2.39. The summed E-state index contributed by atoms with van der Waals surface area (Å²) in [7, 11) is 2.78. The molecule has 2 aromatic rings. The molecular formula is C26H32N2O7. The number of carboxylic acid groups (broad SMARTS) is 1. The molecule has 0 fully saturated rings. The van der Waals surface area contributed by atoms with Crippen LogP contribution in [0.5, 0.6) is 0 Å². The van der Waals surface area contributed by atoms with Crippen molar-refractivity contribution < 1.29 is 33.7 Å². The Bertz CT molecular complexity index is 1010. The monoisotopic (exact) mass is 484 g/mol. The van der Waals surface area contributed by atoms with Gasteiger partial charge in [-0.2, -0.15) is 0 Å². The maximum atomic E-state index is 12.5. The number of carbonyl (C=O) groups excluding carboxylic acids is 2. The molecule has 2 atom stereocenters. The van der Waals surface area contributed by atoms with Gasteiger partial charge in [-0.1, -0.05) is 55.5 Å². The number of aliphatic carboxylic acids is 1. The van der Waals surface area contributed by atoms with Crippen molar-refractivity contribution in [3.8, 4) is 11.1 Å². The van der Waals surface area contributed by atoms with Crippen LogP contribution in [-0.4, -0.2) is 68.7 Å². The van der Waals surface area contributed by atoms with Crippen LogP contribution in [0.15, 0.2) is 48.5 Å². The molecule has 0 radical (unpaired) electrons. The molecule has 0 heterocycles. The minimum Gasteiger partial charge on any atom is -0.479 e. The van der Waals surface area contributed by atoms with Gasteiger partial charge in [0.05, 0.1) is 19.1 Å². The van der Waals surface area contributed by atoms with Gasteiger partial charge in [0.15, 0.2) is 5.54 Å². The van der Waals surface area contributed by atoms with Crippen LogP contribution in [0, 0.1) is 0 Å². The van der Waals surface area contributed by atoms with Crippen LogP contribution in [0.2, 0.25) is 0 Å². The molecule has 2 amide bonds. The maximum absolute atomic E-state index is 12.5. The van der Waals surface area contributed by atoms with E-state index >= 15 is 0 Å². The normalized spacial score (nSPS) is 14.8. The fraction of sp³-hybridized carbons (Fsp3) is 0.423. The van der Waals surface area contributed by atoms with E-state index in [1.54, 1.807) is 6.92 Å². The van der Waals surface area contributed by atoms with Crippen LogP contribution in [0.3, 0.4) is 0 Å². The van der Waals surface area contributed by atoms with Crippen LogP contribution >= 0.6 is 0 Å². The molecule has 0 bridgehead atoms. The first kappa shape index (κ1) is 26.2. The third-order valence-electron chi connectivity index (χ3n) is 6.35. The summed E-state index contributed by atoms with van der Waals surface area (Å²) < 4.78 is 15.8. The zero-order valence-electron chi connectivity index (χ0n) is 20.2. The number of carboxylic acids is 1. The van der Waals surface area contributed by atoms with Crippen molar-refractivity contribution in [1.82, 2.24) is 10.6 Å².